The van der Waals surface area contributed by atoms with Crippen LogP contribution >= 0.6 is 35.6 Å². The molecule has 0 aliphatic carbocycles. The summed E-state index contributed by atoms with van der Waals surface area (Å²) in [4.78, 5) is 83.0. The van der Waals surface area contributed by atoms with Gasteiger partial charge in [-0.05, 0) is 91.8 Å². The number of rotatable bonds is 21. The Morgan fingerprint density at radius 1 is 0.500 bits per heavy atom. The highest BCUT2D eigenvalue weighted by Gasteiger charge is 2.23. The number of nitro groups is 2. The number of pyridine rings is 5. The first-order valence-electron chi connectivity index (χ1n) is 32.4. The summed E-state index contributed by atoms with van der Waals surface area (Å²) in [7, 11) is 7.67. The van der Waals surface area contributed by atoms with E-state index in [1.54, 1.807) is 56.4 Å². The van der Waals surface area contributed by atoms with Crippen LogP contribution in [0.25, 0.3) is 34.1 Å². The Kier molecular flexibility index (Phi) is 51.8. The van der Waals surface area contributed by atoms with Gasteiger partial charge in [0.05, 0.1) is 90.8 Å². The number of hydrogen-bond donors (Lipinski definition) is 3. The van der Waals surface area contributed by atoms with Gasteiger partial charge in [0.25, 0.3) is 0 Å². The number of nitrogen functional groups attached to an aromatic ring is 1. The Balaban J connectivity index is -0.000000400. The van der Waals surface area contributed by atoms with Crippen molar-refractivity contribution in [1.82, 2.24) is 77.9 Å². The monoisotopic (exact) mass is 1660 g/mol. The smallest absolute Gasteiger partial charge is 0.312 e. The topological polar surface area (TPSA) is 364 Å². The molecule has 0 aromatic carbocycles. The van der Waals surface area contributed by atoms with Crippen molar-refractivity contribution in [3.63, 3.8) is 0 Å². The van der Waals surface area contributed by atoms with E-state index in [0.29, 0.717) is 46.5 Å². The van der Waals surface area contributed by atoms with Crippen molar-refractivity contribution < 1.29 is 38.3 Å². The van der Waals surface area contributed by atoms with Crippen molar-refractivity contribution in [3.05, 3.63) is 174 Å². The molecular weight excluding hydrogens is 1540 g/mol. The summed E-state index contributed by atoms with van der Waals surface area (Å²) in [6, 6.07) is 16.3. The van der Waals surface area contributed by atoms with Gasteiger partial charge in [-0.3, -0.25) is 43.1 Å². The van der Waals surface area contributed by atoms with Crippen molar-refractivity contribution in [3.8, 4) is 46.9 Å². The van der Waals surface area contributed by atoms with E-state index in [4.69, 9.17) is 41.0 Å². The number of imidazole rings is 5. The summed E-state index contributed by atoms with van der Waals surface area (Å²) in [6.45, 7) is 23.8. The van der Waals surface area contributed by atoms with E-state index in [9.17, 15) is 25.0 Å². The fraction of sp³-hybridized carbons (Fsp3) is 0.455. The van der Waals surface area contributed by atoms with Gasteiger partial charge in [-0.25, -0.2) is 29.9 Å². The van der Waals surface area contributed by atoms with Crippen LogP contribution in [0.4, 0.5) is 22.7 Å². The van der Waals surface area contributed by atoms with Crippen LogP contribution in [-0.4, -0.2) is 138 Å². The van der Waals surface area contributed by atoms with Crippen LogP contribution in [0.2, 0.25) is 5.15 Å². The molecule has 0 fully saturated rings. The molecule has 4 N–H and O–H groups in total. The SMILES string of the molecule is C.C.C.C.C.C.C.C.CCCc1nc(C)c2c(C)nc3ccc(OC)nc3n12.CCCc1nc(C)cn1-c1nc(OC)ccc1N.CCCc1nc(C)cn1-c1nc(OC)ccc1NC(C)=O.CCCc1nc(C)cn1-c1nc(OC)ccc1[N+](=O)[O-].CCCc1ncc(C)[nH]1.COc1ccc([N+](=O)[O-])c(Cl)n1.I.[B]. The molecule has 0 aliphatic heterocycles. The number of aromatic amines is 1. The van der Waals surface area contributed by atoms with E-state index in [1.807, 2.05) is 88.3 Å². The van der Waals surface area contributed by atoms with Crippen molar-refractivity contribution in [2.45, 2.75) is 207 Å². The van der Waals surface area contributed by atoms with Gasteiger partial charge < -0.3 is 39.7 Å². The van der Waals surface area contributed by atoms with Crippen molar-refractivity contribution in [2.75, 3.05) is 46.6 Å². The lowest BCUT2D eigenvalue weighted by molar-refractivity contribution is -0.385. The fourth-order valence-electron chi connectivity index (χ4n) is 10.2. The number of aromatic nitrogens is 16. The number of nitrogens with one attached hydrogen (secondary N) is 2. The second kappa shape index (κ2) is 52.6. The van der Waals surface area contributed by atoms with Gasteiger partial charge in [0.1, 0.15) is 34.6 Å². The molecule has 1 amide bonds. The first kappa shape index (κ1) is 108. The molecule has 3 radical (unpaired) electrons. The van der Waals surface area contributed by atoms with Gasteiger partial charge in [0, 0.05) is 120 Å². The Morgan fingerprint density at radius 3 is 1.31 bits per heavy atom. The summed E-state index contributed by atoms with van der Waals surface area (Å²) in [6.07, 6.45) is 17.0. The van der Waals surface area contributed by atoms with Crippen LogP contribution in [0, 0.1) is 61.8 Å². The molecule has 0 bridgehead atoms. The maximum atomic E-state index is 11.4. The minimum absolute atomic E-state index is 0. The number of hydrogen-bond acceptors (Lipinski definition) is 22. The number of halogens is 2. The molecule has 0 aliphatic rings. The Morgan fingerprint density at radius 2 is 0.882 bits per heavy atom. The van der Waals surface area contributed by atoms with E-state index in [-0.39, 0.29) is 126 Å². The second-order valence-electron chi connectivity index (χ2n) is 22.5. The van der Waals surface area contributed by atoms with Crippen LogP contribution in [0.3, 0.4) is 0 Å². The number of carbonyl (C=O) groups is 1. The summed E-state index contributed by atoms with van der Waals surface area (Å²) in [5.41, 5.74) is 15.5. The number of nitrogens with two attached hydrogens (primary N) is 1. The van der Waals surface area contributed by atoms with E-state index >= 15 is 0 Å². The Bertz CT molecular complexity index is 4560. The molecule has 11 heterocycles. The normalized spacial score (nSPS) is 9.58. The molecule has 30 nitrogen and oxygen atoms in total. The number of carbonyl (C=O) groups excluding carboxylic acids is 1. The average Bonchev–Trinajstić information content (AvgIpc) is 1.57. The van der Waals surface area contributed by atoms with E-state index in [0.717, 1.165) is 144 Å². The Labute approximate surface area is 675 Å². The van der Waals surface area contributed by atoms with Gasteiger partial charge in [0.15, 0.2) is 17.3 Å². The molecule has 0 saturated heterocycles. The minimum atomic E-state index is -0.602. The maximum Gasteiger partial charge on any atom is 0.312 e. The number of nitrogens with zero attached hydrogens (tertiary/aromatic N) is 17. The molecule has 0 unspecified atom stereocenters. The molecule has 0 atom stereocenters. The molecular formula is C77H122BClIN20O10. The van der Waals surface area contributed by atoms with Gasteiger partial charge in [0.2, 0.25) is 46.3 Å². The lowest BCUT2D eigenvalue weighted by atomic mass is 10.3. The van der Waals surface area contributed by atoms with Crippen LogP contribution < -0.4 is 34.7 Å². The van der Waals surface area contributed by atoms with Crippen LogP contribution in [0.5, 0.6) is 29.4 Å². The average molecular weight is 1660 g/mol. The summed E-state index contributed by atoms with van der Waals surface area (Å²) < 4.78 is 33.0. The van der Waals surface area contributed by atoms with E-state index in [2.05, 4.69) is 97.2 Å². The zero-order chi connectivity index (χ0) is 73.3. The molecule has 110 heavy (non-hydrogen) atoms. The third kappa shape index (κ3) is 29.2. The van der Waals surface area contributed by atoms with Crippen molar-refractivity contribution >= 4 is 89.3 Å². The fourth-order valence-corrected chi connectivity index (χ4v) is 10.4. The van der Waals surface area contributed by atoms with Gasteiger partial charge in [-0.1, -0.05) is 106 Å². The van der Waals surface area contributed by atoms with Crippen molar-refractivity contribution in [1.29, 1.82) is 0 Å². The summed E-state index contributed by atoms with van der Waals surface area (Å²) in [5, 5.41) is 24.1. The number of amides is 1. The van der Waals surface area contributed by atoms with Crippen molar-refractivity contribution in [2.24, 2.45) is 0 Å². The first-order chi connectivity index (χ1) is 47.9. The largest absolute Gasteiger partial charge is 0.481 e. The molecule has 33 heteroatoms. The number of fused-ring (bicyclic) bond motifs is 3. The van der Waals surface area contributed by atoms with Gasteiger partial charge in [-0.2, -0.15) is 24.9 Å². The highest BCUT2D eigenvalue weighted by atomic mass is 127. The van der Waals surface area contributed by atoms with Crippen LogP contribution in [-0.2, 0) is 36.9 Å². The summed E-state index contributed by atoms with van der Waals surface area (Å²) >= 11 is 5.47. The standard InChI is InChI=1S/C15H20N4O2.C15H18N4O.C13H16N4O3.C13H18N4O.C7H12N2.C6H5ClN2O3.8CH4.B.HI/c1-5-6-13-16-10(2)9-19(13)15-12(17-11(3)20)7-8-14(18-15)21-4;1-5-6-12-17-10(3)14-9(2)16-11-7-8-13(20-4)18-15(11)19(12)14;1-4-5-11-14-9(2)8-16(11)13-10(17(18)19)6-7-12(15-13)20-3;1-4-5-11-15-9(2)8-17(11)13-10(14)6-7-12(16-13)18-3;1-3-4-7-8-5-6(2)9-7;1-12-5-3-2-4(9(10)11)6(7)8-5;;;;;;;;;;/h7-9H,5-6H2,1-4H3,(H,17,20);7-8H,5-6H2,1-4H3;6-8H,4-5H2,1-3H3;6-8H,4-5,14H2,1-3H3;5H,3-4H2,1-2H3,(H,8,9);2-3H,1H3;8*1H4;;1H. The third-order valence-electron chi connectivity index (χ3n) is 14.4. The van der Waals surface area contributed by atoms with Gasteiger partial charge in [-0.15, -0.1) is 24.0 Å². The number of ether oxygens (including phenoxy) is 5. The lowest BCUT2D eigenvalue weighted by Crippen LogP contribution is -2.12. The zero-order valence-electron chi connectivity index (χ0n) is 60.8. The minimum Gasteiger partial charge on any atom is -0.481 e. The zero-order valence-corrected chi connectivity index (χ0v) is 63.9. The maximum absolute atomic E-state index is 11.4. The predicted octanol–water partition coefficient (Wildman–Crippen LogP) is 18.6. The lowest BCUT2D eigenvalue weighted by Gasteiger charge is -2.13. The molecule has 0 saturated carbocycles. The third-order valence-corrected chi connectivity index (χ3v) is 14.7. The molecule has 607 valence electrons. The number of H-pyrrole nitrogens is 1. The van der Waals surface area contributed by atoms with Crippen LogP contribution in [0.15, 0.2) is 85.5 Å². The molecule has 11 aromatic rings. The quantitative estimate of drug-likeness (QED) is 0.0198. The number of anilines is 2. The first-order valence-corrected chi connectivity index (χ1v) is 32.8. The molecule has 11 rings (SSSR count). The molecule has 11 aromatic heterocycles. The summed E-state index contributed by atoms with van der Waals surface area (Å²) in [5.74, 6) is 8.41. The van der Waals surface area contributed by atoms with Gasteiger partial charge >= 0.3 is 11.4 Å². The van der Waals surface area contributed by atoms with E-state index < -0.39 is 9.85 Å². The predicted molar refractivity (Wildman–Crippen MR) is 458 cm³/mol. The molecule has 0 spiro atoms. The number of aryl methyl sites for hydroxylation is 11. The highest BCUT2D eigenvalue weighted by molar-refractivity contribution is 14.0. The second-order valence-corrected chi connectivity index (χ2v) is 22.9. The van der Waals surface area contributed by atoms with Crippen LogP contribution in [0.1, 0.15) is 196 Å². The van der Waals surface area contributed by atoms with E-state index in [1.165, 1.54) is 45.4 Å². The Hall–Kier alpha value is -10.4. The highest BCUT2D eigenvalue weighted by Crippen LogP contribution is 2.29. The number of methoxy groups -OCH3 is 5.